The highest BCUT2D eigenvalue weighted by Gasteiger charge is 2.61. The minimum atomic E-state index is -0.879. The SMILES string of the molecule is C[CH2][Al]([CH2]C)[O]C1C[C@@H]2CC[C@@]1(C)C2(C)C. The van der Waals surface area contributed by atoms with Gasteiger partial charge in [-0.05, 0) is 36.0 Å². The number of rotatable bonds is 4. The quantitative estimate of drug-likeness (QED) is 0.665. The molecule has 2 aliphatic carbocycles. The van der Waals surface area contributed by atoms with Gasteiger partial charge in [0, 0.05) is 6.10 Å². The maximum atomic E-state index is 6.52. The fraction of sp³-hybridized carbons (Fsp3) is 1.00. The third-order valence-electron chi connectivity index (χ3n) is 5.98. The molecule has 2 heteroatoms. The van der Waals surface area contributed by atoms with E-state index in [1.54, 1.807) is 0 Å². The van der Waals surface area contributed by atoms with Crippen LogP contribution in [0.2, 0.25) is 10.6 Å². The molecule has 0 spiro atoms. The molecule has 0 amide bonds. The van der Waals surface area contributed by atoms with Crippen molar-refractivity contribution >= 4 is 14.5 Å². The Labute approximate surface area is 106 Å². The molecule has 3 atom stereocenters. The van der Waals surface area contributed by atoms with Crippen LogP contribution in [0.4, 0.5) is 0 Å². The highest BCUT2D eigenvalue weighted by molar-refractivity contribution is 6.51. The van der Waals surface area contributed by atoms with E-state index in [9.17, 15) is 0 Å². The topological polar surface area (TPSA) is 9.23 Å². The molecule has 0 N–H and O–H groups in total. The van der Waals surface area contributed by atoms with Gasteiger partial charge in [0.1, 0.15) is 0 Å². The average Bonchev–Trinajstić information content (AvgIpc) is 2.58. The van der Waals surface area contributed by atoms with Gasteiger partial charge in [-0.15, -0.1) is 0 Å². The summed E-state index contributed by atoms with van der Waals surface area (Å²) in [4.78, 5) is 0. The van der Waals surface area contributed by atoms with Crippen LogP contribution in [0.5, 0.6) is 0 Å². The molecular formula is C14H27AlO. The molecule has 2 saturated carbocycles. The van der Waals surface area contributed by atoms with E-state index < -0.39 is 14.5 Å². The summed E-state index contributed by atoms with van der Waals surface area (Å²) in [6, 6.07) is 0. The van der Waals surface area contributed by atoms with Crippen molar-refractivity contribution in [2.75, 3.05) is 0 Å². The van der Waals surface area contributed by atoms with Gasteiger partial charge in [-0.3, -0.25) is 0 Å². The molecule has 2 rings (SSSR count). The van der Waals surface area contributed by atoms with Gasteiger partial charge in [-0.1, -0.05) is 45.2 Å². The molecule has 1 nitrogen and oxygen atoms in total. The normalized spacial score (nSPS) is 40.3. The summed E-state index contributed by atoms with van der Waals surface area (Å²) in [5.74, 6) is 0.922. The highest BCUT2D eigenvalue weighted by atomic mass is 27.2. The lowest BCUT2D eigenvalue weighted by Crippen LogP contribution is -2.40. The molecule has 0 aromatic rings. The van der Waals surface area contributed by atoms with Crippen LogP contribution in [-0.4, -0.2) is 20.6 Å². The summed E-state index contributed by atoms with van der Waals surface area (Å²) >= 11 is -0.879. The van der Waals surface area contributed by atoms with Gasteiger partial charge in [0.25, 0.3) is 0 Å². The first-order valence-electron chi connectivity index (χ1n) is 7.11. The van der Waals surface area contributed by atoms with E-state index in [4.69, 9.17) is 3.79 Å². The molecule has 2 fully saturated rings. The van der Waals surface area contributed by atoms with Gasteiger partial charge in [0.05, 0.1) is 0 Å². The van der Waals surface area contributed by atoms with Crippen LogP contribution < -0.4 is 0 Å². The Morgan fingerprint density at radius 3 is 2.19 bits per heavy atom. The number of hydrogen-bond donors (Lipinski definition) is 0. The van der Waals surface area contributed by atoms with Crippen LogP contribution in [0.25, 0.3) is 0 Å². The van der Waals surface area contributed by atoms with E-state index in [-0.39, 0.29) is 0 Å². The van der Waals surface area contributed by atoms with Crippen molar-refractivity contribution in [3.05, 3.63) is 0 Å². The Morgan fingerprint density at radius 1 is 1.19 bits per heavy atom. The van der Waals surface area contributed by atoms with E-state index in [1.807, 2.05) is 0 Å². The van der Waals surface area contributed by atoms with E-state index in [0.717, 1.165) is 5.92 Å². The Kier molecular flexibility index (Phi) is 3.48. The summed E-state index contributed by atoms with van der Waals surface area (Å²) in [5.41, 5.74) is 0.978. The second-order valence-corrected chi connectivity index (χ2v) is 9.82. The predicted molar refractivity (Wildman–Crippen MR) is 70.8 cm³/mol. The molecule has 0 heterocycles. The fourth-order valence-electron chi connectivity index (χ4n) is 4.05. The summed E-state index contributed by atoms with van der Waals surface area (Å²) in [6.07, 6.45) is 4.75. The lowest BCUT2D eigenvalue weighted by Gasteiger charge is -2.40. The van der Waals surface area contributed by atoms with Crippen molar-refractivity contribution in [1.82, 2.24) is 0 Å². The molecule has 0 aromatic heterocycles. The smallest absolute Gasteiger partial charge is 0.460 e. The van der Waals surface area contributed by atoms with Gasteiger partial charge in [-0.25, -0.2) is 0 Å². The lowest BCUT2D eigenvalue weighted by molar-refractivity contribution is 0.0279. The highest BCUT2D eigenvalue weighted by Crippen LogP contribution is 2.66. The van der Waals surface area contributed by atoms with Crippen LogP contribution in [0.15, 0.2) is 0 Å². The summed E-state index contributed by atoms with van der Waals surface area (Å²) in [6.45, 7) is 12.1. The first-order valence-corrected chi connectivity index (χ1v) is 9.21. The minimum absolute atomic E-state index is 0.466. The van der Waals surface area contributed by atoms with Crippen molar-refractivity contribution < 1.29 is 3.79 Å². The Bertz CT molecular complexity index is 259. The van der Waals surface area contributed by atoms with E-state index in [2.05, 4.69) is 34.6 Å². The van der Waals surface area contributed by atoms with Crippen LogP contribution in [-0.2, 0) is 3.79 Å². The van der Waals surface area contributed by atoms with E-state index >= 15 is 0 Å². The Morgan fingerprint density at radius 2 is 1.81 bits per heavy atom. The number of fused-ring (bicyclic) bond motifs is 2. The van der Waals surface area contributed by atoms with Gasteiger partial charge in [-0.2, -0.15) is 0 Å². The van der Waals surface area contributed by atoms with Gasteiger partial charge in [0.15, 0.2) is 0 Å². The zero-order valence-electron chi connectivity index (χ0n) is 11.7. The first kappa shape index (κ1) is 12.9. The van der Waals surface area contributed by atoms with Crippen LogP contribution in [0.1, 0.15) is 53.9 Å². The number of hydrogen-bond acceptors (Lipinski definition) is 1. The summed E-state index contributed by atoms with van der Waals surface area (Å²) in [7, 11) is 0. The van der Waals surface area contributed by atoms with Crippen molar-refractivity contribution in [3.63, 3.8) is 0 Å². The van der Waals surface area contributed by atoms with Crippen molar-refractivity contribution in [2.24, 2.45) is 16.7 Å². The monoisotopic (exact) mass is 238 g/mol. The average molecular weight is 238 g/mol. The minimum Gasteiger partial charge on any atom is -0.498 e. The van der Waals surface area contributed by atoms with Gasteiger partial charge in [0.2, 0.25) is 0 Å². The summed E-state index contributed by atoms with van der Waals surface area (Å²) in [5, 5.41) is 2.60. The second kappa shape index (κ2) is 4.31. The van der Waals surface area contributed by atoms with Gasteiger partial charge < -0.3 is 3.79 Å². The van der Waals surface area contributed by atoms with Crippen LogP contribution in [0.3, 0.4) is 0 Å². The molecule has 0 saturated heterocycles. The molecule has 2 bridgehead atoms. The predicted octanol–water partition coefficient (Wildman–Crippen LogP) is 4.25. The lowest BCUT2D eigenvalue weighted by atomic mass is 9.70. The standard InChI is InChI=1S/C10H17O.2C2H5.Al/c1-9(2)7-4-5-10(9,3)8(11)6-7;2*1-2;/h7-8H,4-6H2,1-3H3;2*1H2,2H3;/q-1;;;+1/t7-,8?,10+;;;/m0.../s1. The van der Waals surface area contributed by atoms with Crippen molar-refractivity contribution in [1.29, 1.82) is 0 Å². The fourth-order valence-corrected chi connectivity index (χ4v) is 5.89. The molecule has 1 unspecified atom stereocenters. The summed E-state index contributed by atoms with van der Waals surface area (Å²) < 4.78 is 6.52. The molecule has 16 heavy (non-hydrogen) atoms. The maximum Gasteiger partial charge on any atom is 0.460 e. The third kappa shape index (κ3) is 1.69. The first-order chi connectivity index (χ1) is 7.45. The van der Waals surface area contributed by atoms with Crippen molar-refractivity contribution in [3.8, 4) is 0 Å². The zero-order valence-corrected chi connectivity index (χ0v) is 12.8. The van der Waals surface area contributed by atoms with Gasteiger partial charge >= 0.3 is 14.5 Å². The van der Waals surface area contributed by atoms with Crippen LogP contribution in [0, 0.1) is 16.7 Å². The molecular weight excluding hydrogens is 211 g/mol. The molecule has 0 aliphatic heterocycles. The second-order valence-electron chi connectivity index (χ2n) is 6.67. The van der Waals surface area contributed by atoms with E-state index in [1.165, 1.54) is 29.8 Å². The zero-order chi connectivity index (χ0) is 12.0. The third-order valence-corrected chi connectivity index (χ3v) is 8.52. The van der Waals surface area contributed by atoms with E-state index in [0.29, 0.717) is 16.9 Å². The molecule has 92 valence electrons. The van der Waals surface area contributed by atoms with Crippen molar-refractivity contribution in [2.45, 2.75) is 70.6 Å². The largest absolute Gasteiger partial charge is 0.498 e. The maximum absolute atomic E-state index is 6.52. The molecule has 0 radical (unpaired) electrons. The molecule has 0 aromatic carbocycles. The Hall–Kier alpha value is 0.492. The van der Waals surface area contributed by atoms with Crippen LogP contribution >= 0.6 is 0 Å². The Balaban J connectivity index is 2.09. The molecule has 2 aliphatic rings.